The molecule has 0 aromatic heterocycles. The lowest BCUT2D eigenvalue weighted by Gasteiger charge is -2.34. The fourth-order valence-electron chi connectivity index (χ4n) is 3.92. The van der Waals surface area contributed by atoms with E-state index in [9.17, 15) is 9.59 Å². The molecule has 1 aliphatic carbocycles. The molecule has 110 valence electrons. The van der Waals surface area contributed by atoms with E-state index in [4.69, 9.17) is 10.5 Å². The molecule has 2 aliphatic heterocycles. The van der Waals surface area contributed by atoms with Crippen LogP contribution in [-0.4, -0.2) is 35.5 Å². The number of esters is 1. The number of rotatable bonds is 1. The predicted molar refractivity (Wildman–Crippen MR) is 73.5 cm³/mol. The highest BCUT2D eigenvalue weighted by Crippen LogP contribution is 2.48. The quantitative estimate of drug-likeness (QED) is 0.734. The van der Waals surface area contributed by atoms with E-state index in [1.165, 1.54) is 0 Å². The van der Waals surface area contributed by atoms with Gasteiger partial charge in [0.05, 0.1) is 16.7 Å². The predicted octanol–water partition coefficient (Wildman–Crippen LogP) is 1.33. The van der Waals surface area contributed by atoms with Gasteiger partial charge in [0.1, 0.15) is 6.61 Å². The zero-order valence-corrected chi connectivity index (χ0v) is 12.1. The van der Waals surface area contributed by atoms with Crippen LogP contribution in [0.2, 0.25) is 0 Å². The number of cyclic esters (lactones) is 1. The summed E-state index contributed by atoms with van der Waals surface area (Å²) in [5, 5.41) is 0. The first-order chi connectivity index (χ1) is 9.44. The SMILES string of the molecule is CC1=C(N2C(=O)C3(CCC(N)CC3)C[C@H]2C)COC1=O. The van der Waals surface area contributed by atoms with Crippen molar-refractivity contribution in [3.05, 3.63) is 11.3 Å². The van der Waals surface area contributed by atoms with Crippen LogP contribution in [0.4, 0.5) is 0 Å². The maximum atomic E-state index is 12.9. The van der Waals surface area contributed by atoms with Crippen molar-refractivity contribution in [2.24, 2.45) is 11.1 Å². The molecule has 0 aromatic carbocycles. The molecule has 2 N–H and O–H groups in total. The standard InChI is InChI=1S/C15H22N2O3/c1-9-7-15(5-3-11(16)4-6-15)14(19)17(9)12-8-20-13(18)10(12)2/h9,11H,3-8,16H2,1-2H3/t9-,11?,15?/m1/s1. The number of nitrogens with zero attached hydrogens (tertiary/aromatic N) is 1. The van der Waals surface area contributed by atoms with E-state index in [0.717, 1.165) is 37.8 Å². The minimum atomic E-state index is -0.299. The number of hydrogen-bond acceptors (Lipinski definition) is 4. The van der Waals surface area contributed by atoms with E-state index in [-0.39, 0.29) is 36.0 Å². The molecule has 2 heterocycles. The van der Waals surface area contributed by atoms with Gasteiger partial charge < -0.3 is 15.4 Å². The lowest BCUT2D eigenvalue weighted by atomic mass is 9.71. The van der Waals surface area contributed by atoms with Crippen molar-refractivity contribution in [1.82, 2.24) is 4.90 Å². The second-order valence-electron chi connectivity index (χ2n) is 6.49. The van der Waals surface area contributed by atoms with Crippen molar-refractivity contribution in [3.63, 3.8) is 0 Å². The molecule has 3 rings (SSSR count). The highest BCUT2D eigenvalue weighted by atomic mass is 16.5. The molecule has 1 saturated carbocycles. The van der Waals surface area contributed by atoms with Crippen LogP contribution >= 0.6 is 0 Å². The summed E-state index contributed by atoms with van der Waals surface area (Å²) < 4.78 is 5.05. The van der Waals surface area contributed by atoms with Gasteiger partial charge in [-0.2, -0.15) is 0 Å². The molecule has 5 heteroatoms. The molecule has 1 spiro atoms. The Kier molecular flexibility index (Phi) is 3.12. The molecule has 1 saturated heterocycles. The van der Waals surface area contributed by atoms with Gasteiger partial charge in [-0.05, 0) is 46.0 Å². The fourth-order valence-corrected chi connectivity index (χ4v) is 3.92. The second-order valence-corrected chi connectivity index (χ2v) is 6.49. The van der Waals surface area contributed by atoms with E-state index in [1.54, 1.807) is 6.92 Å². The molecule has 0 unspecified atom stereocenters. The lowest BCUT2D eigenvalue weighted by Crippen LogP contribution is -2.40. The van der Waals surface area contributed by atoms with E-state index in [0.29, 0.717) is 5.57 Å². The number of nitrogens with two attached hydrogens (primary N) is 1. The maximum Gasteiger partial charge on any atom is 0.336 e. The van der Waals surface area contributed by atoms with Crippen LogP contribution in [-0.2, 0) is 14.3 Å². The number of carbonyl (C=O) groups is 2. The number of carbonyl (C=O) groups excluding carboxylic acids is 2. The number of hydrogen-bond donors (Lipinski definition) is 1. The van der Waals surface area contributed by atoms with Crippen molar-refractivity contribution in [1.29, 1.82) is 0 Å². The summed E-state index contributed by atoms with van der Waals surface area (Å²) in [7, 11) is 0. The highest BCUT2D eigenvalue weighted by Gasteiger charge is 2.52. The Bertz CT molecular complexity index is 489. The number of amides is 1. The van der Waals surface area contributed by atoms with E-state index >= 15 is 0 Å². The summed E-state index contributed by atoms with van der Waals surface area (Å²) in [4.78, 5) is 26.3. The molecule has 0 radical (unpaired) electrons. The minimum Gasteiger partial charge on any atom is -0.456 e. The number of likely N-dealkylation sites (tertiary alicyclic amines) is 1. The van der Waals surface area contributed by atoms with Crippen molar-refractivity contribution in [2.45, 2.75) is 58.0 Å². The average Bonchev–Trinajstić information content (AvgIpc) is 2.85. The fraction of sp³-hybridized carbons (Fsp3) is 0.733. The van der Waals surface area contributed by atoms with Gasteiger partial charge in [0.2, 0.25) is 5.91 Å². The van der Waals surface area contributed by atoms with Gasteiger partial charge in [0.25, 0.3) is 0 Å². The van der Waals surface area contributed by atoms with E-state index < -0.39 is 0 Å². The third-order valence-corrected chi connectivity index (χ3v) is 5.16. The molecule has 3 aliphatic rings. The Balaban J connectivity index is 1.88. The molecular weight excluding hydrogens is 256 g/mol. The van der Waals surface area contributed by atoms with Crippen LogP contribution in [0.5, 0.6) is 0 Å². The summed E-state index contributed by atoms with van der Waals surface area (Å²) in [6.45, 7) is 4.03. The summed E-state index contributed by atoms with van der Waals surface area (Å²) in [5.74, 6) is -0.129. The van der Waals surface area contributed by atoms with Gasteiger partial charge in [0, 0.05) is 12.1 Å². The zero-order chi connectivity index (χ0) is 14.5. The van der Waals surface area contributed by atoms with Crippen LogP contribution in [0.15, 0.2) is 11.3 Å². The van der Waals surface area contributed by atoms with Crippen LogP contribution in [0.25, 0.3) is 0 Å². The minimum absolute atomic E-state index is 0.135. The third-order valence-electron chi connectivity index (χ3n) is 5.16. The Morgan fingerprint density at radius 3 is 2.50 bits per heavy atom. The van der Waals surface area contributed by atoms with Crippen LogP contribution in [0.1, 0.15) is 46.0 Å². The smallest absolute Gasteiger partial charge is 0.336 e. The van der Waals surface area contributed by atoms with Crippen molar-refractivity contribution >= 4 is 11.9 Å². The summed E-state index contributed by atoms with van der Waals surface area (Å²) in [5.41, 5.74) is 7.05. The second kappa shape index (κ2) is 4.58. The van der Waals surface area contributed by atoms with Crippen molar-refractivity contribution in [3.8, 4) is 0 Å². The molecule has 0 bridgehead atoms. The van der Waals surface area contributed by atoms with Crippen LogP contribution in [0.3, 0.4) is 0 Å². The van der Waals surface area contributed by atoms with Gasteiger partial charge in [-0.3, -0.25) is 4.79 Å². The Labute approximate surface area is 119 Å². The van der Waals surface area contributed by atoms with Crippen molar-refractivity contribution in [2.75, 3.05) is 6.61 Å². The summed E-state index contributed by atoms with van der Waals surface area (Å²) in [6, 6.07) is 0.367. The number of ether oxygens (including phenoxy) is 1. The molecule has 2 fully saturated rings. The topological polar surface area (TPSA) is 72.6 Å². The first-order valence-corrected chi connectivity index (χ1v) is 7.41. The summed E-state index contributed by atoms with van der Waals surface area (Å²) >= 11 is 0. The first-order valence-electron chi connectivity index (χ1n) is 7.41. The Hall–Kier alpha value is -1.36. The van der Waals surface area contributed by atoms with Gasteiger partial charge in [-0.25, -0.2) is 4.79 Å². The molecule has 0 aromatic rings. The first kappa shape index (κ1) is 13.6. The average molecular weight is 278 g/mol. The molecule has 1 atom stereocenters. The maximum absolute atomic E-state index is 12.9. The van der Waals surface area contributed by atoms with Gasteiger partial charge in [0.15, 0.2) is 0 Å². The summed E-state index contributed by atoms with van der Waals surface area (Å²) in [6.07, 6.45) is 4.44. The normalized spacial score (nSPS) is 38.0. The van der Waals surface area contributed by atoms with E-state index in [1.807, 2.05) is 4.90 Å². The third kappa shape index (κ3) is 1.87. The van der Waals surface area contributed by atoms with Gasteiger partial charge >= 0.3 is 5.97 Å². The monoisotopic (exact) mass is 278 g/mol. The molecule has 1 amide bonds. The Morgan fingerprint density at radius 2 is 1.95 bits per heavy atom. The molecular formula is C15H22N2O3. The van der Waals surface area contributed by atoms with Gasteiger partial charge in [-0.1, -0.05) is 0 Å². The van der Waals surface area contributed by atoms with Gasteiger partial charge in [-0.15, -0.1) is 0 Å². The molecule has 5 nitrogen and oxygen atoms in total. The molecule has 20 heavy (non-hydrogen) atoms. The highest BCUT2D eigenvalue weighted by molar-refractivity contribution is 5.94. The lowest BCUT2D eigenvalue weighted by molar-refractivity contribution is -0.138. The largest absolute Gasteiger partial charge is 0.456 e. The van der Waals surface area contributed by atoms with Crippen molar-refractivity contribution < 1.29 is 14.3 Å². The zero-order valence-electron chi connectivity index (χ0n) is 12.1. The Morgan fingerprint density at radius 1 is 1.30 bits per heavy atom. The van der Waals surface area contributed by atoms with Crippen LogP contribution < -0.4 is 5.73 Å². The van der Waals surface area contributed by atoms with E-state index in [2.05, 4.69) is 6.92 Å². The van der Waals surface area contributed by atoms with Crippen LogP contribution in [0, 0.1) is 5.41 Å².